The Kier molecular flexibility index (Phi) is 4.06. The van der Waals surface area contributed by atoms with Gasteiger partial charge < -0.3 is 5.32 Å². The lowest BCUT2D eigenvalue weighted by atomic mass is 10.2. The van der Waals surface area contributed by atoms with Crippen molar-refractivity contribution in [3.05, 3.63) is 41.9 Å². The molecule has 0 radical (unpaired) electrons. The van der Waals surface area contributed by atoms with Crippen molar-refractivity contribution in [1.82, 2.24) is 15.2 Å². The topological polar surface area (TPSA) is 70.7 Å². The van der Waals surface area contributed by atoms with Gasteiger partial charge in [0.2, 0.25) is 5.91 Å². The van der Waals surface area contributed by atoms with Gasteiger partial charge in [-0.1, -0.05) is 13.0 Å². The van der Waals surface area contributed by atoms with Crippen molar-refractivity contribution in [3.63, 3.8) is 0 Å². The summed E-state index contributed by atoms with van der Waals surface area (Å²) >= 11 is 0. The molecule has 0 fully saturated rings. The van der Waals surface area contributed by atoms with Crippen LogP contribution in [0.15, 0.2) is 30.6 Å². The third-order valence-corrected chi connectivity index (χ3v) is 2.70. The van der Waals surface area contributed by atoms with Gasteiger partial charge in [-0.3, -0.25) is 14.9 Å². The van der Waals surface area contributed by atoms with Gasteiger partial charge >= 0.3 is 0 Å². The fourth-order valence-corrected chi connectivity index (χ4v) is 1.68. The highest BCUT2D eigenvalue weighted by atomic mass is 16.1. The van der Waals surface area contributed by atoms with Gasteiger partial charge in [-0.05, 0) is 25.0 Å². The predicted octanol–water partition coefficient (Wildman–Crippen LogP) is 1.94. The van der Waals surface area contributed by atoms with E-state index in [-0.39, 0.29) is 5.91 Å². The third kappa shape index (κ3) is 3.16. The first kappa shape index (κ1) is 12.3. The largest absolute Gasteiger partial charge is 0.311 e. The van der Waals surface area contributed by atoms with Crippen LogP contribution in [0.4, 0.5) is 5.82 Å². The molecule has 2 aromatic heterocycles. The summed E-state index contributed by atoms with van der Waals surface area (Å²) in [6, 6.07) is 5.70. The van der Waals surface area contributed by atoms with Crippen LogP contribution in [0.3, 0.4) is 0 Å². The van der Waals surface area contributed by atoms with Gasteiger partial charge in [0.25, 0.3) is 0 Å². The van der Waals surface area contributed by atoms with Crippen molar-refractivity contribution in [2.24, 2.45) is 0 Å². The summed E-state index contributed by atoms with van der Waals surface area (Å²) in [7, 11) is 0. The fraction of sp³-hybridized carbons (Fsp3) is 0.308. The van der Waals surface area contributed by atoms with Gasteiger partial charge in [0.1, 0.15) is 5.82 Å². The zero-order chi connectivity index (χ0) is 12.8. The molecule has 0 atom stereocenters. The zero-order valence-electron chi connectivity index (χ0n) is 10.3. The second-order valence-electron chi connectivity index (χ2n) is 3.99. The smallest absolute Gasteiger partial charge is 0.225 e. The number of nitrogens with zero attached hydrogens (tertiary/aromatic N) is 2. The number of aryl methyl sites for hydroxylation is 2. The van der Waals surface area contributed by atoms with Crippen LogP contribution in [0.2, 0.25) is 0 Å². The molecule has 0 saturated carbocycles. The molecular formula is C13H16N4O. The van der Waals surface area contributed by atoms with Crippen molar-refractivity contribution in [2.75, 3.05) is 5.32 Å². The van der Waals surface area contributed by atoms with Gasteiger partial charge in [0.15, 0.2) is 0 Å². The molecule has 94 valence electrons. The van der Waals surface area contributed by atoms with Crippen molar-refractivity contribution in [3.8, 4) is 0 Å². The third-order valence-electron chi connectivity index (χ3n) is 2.70. The number of aromatic nitrogens is 3. The number of rotatable bonds is 5. The van der Waals surface area contributed by atoms with E-state index >= 15 is 0 Å². The van der Waals surface area contributed by atoms with Crippen molar-refractivity contribution < 1.29 is 4.79 Å². The maximum atomic E-state index is 11.8. The molecule has 18 heavy (non-hydrogen) atoms. The van der Waals surface area contributed by atoms with E-state index in [1.165, 1.54) is 0 Å². The summed E-state index contributed by atoms with van der Waals surface area (Å²) in [4.78, 5) is 15.9. The first-order valence-electron chi connectivity index (χ1n) is 6.01. The zero-order valence-corrected chi connectivity index (χ0v) is 10.3. The van der Waals surface area contributed by atoms with Crippen molar-refractivity contribution >= 4 is 11.7 Å². The van der Waals surface area contributed by atoms with Crippen LogP contribution < -0.4 is 5.32 Å². The number of H-pyrrole nitrogens is 1. The highest BCUT2D eigenvalue weighted by Gasteiger charge is 2.08. The molecule has 0 unspecified atom stereocenters. The lowest BCUT2D eigenvalue weighted by Crippen LogP contribution is -2.14. The van der Waals surface area contributed by atoms with Crippen LogP contribution in [-0.4, -0.2) is 21.1 Å². The Balaban J connectivity index is 1.86. The van der Waals surface area contributed by atoms with E-state index in [0.717, 1.165) is 17.7 Å². The van der Waals surface area contributed by atoms with Crippen LogP contribution in [0.25, 0.3) is 0 Å². The molecule has 0 aromatic carbocycles. The Morgan fingerprint density at radius 3 is 3.06 bits per heavy atom. The minimum atomic E-state index is -0.0281. The number of carbonyl (C=O) groups excluding carboxylic acids is 1. The second-order valence-corrected chi connectivity index (χ2v) is 3.99. The fourth-order valence-electron chi connectivity index (χ4n) is 1.68. The molecule has 0 spiro atoms. The van der Waals surface area contributed by atoms with E-state index in [2.05, 4.69) is 20.5 Å². The van der Waals surface area contributed by atoms with E-state index in [1.54, 1.807) is 12.4 Å². The molecule has 0 aliphatic carbocycles. The maximum absolute atomic E-state index is 11.8. The maximum Gasteiger partial charge on any atom is 0.225 e. The van der Waals surface area contributed by atoms with Gasteiger partial charge in [-0.2, -0.15) is 5.10 Å². The molecule has 2 rings (SSSR count). The number of amides is 1. The molecule has 5 heteroatoms. The summed E-state index contributed by atoms with van der Waals surface area (Å²) in [6.07, 6.45) is 5.36. The standard InChI is InChI=1S/C13H16N4O/c1-2-10-9-15-17-13(10)16-12(18)7-6-11-5-3-4-8-14-11/h3-5,8-9H,2,6-7H2,1H3,(H2,15,16,17,18). The first-order valence-corrected chi connectivity index (χ1v) is 6.01. The number of nitrogens with one attached hydrogen (secondary N) is 2. The SMILES string of the molecule is CCc1cn[nH]c1NC(=O)CCc1ccccn1. The highest BCUT2D eigenvalue weighted by molar-refractivity contribution is 5.90. The van der Waals surface area contributed by atoms with Crippen LogP contribution in [0, 0.1) is 0 Å². The van der Waals surface area contributed by atoms with E-state index < -0.39 is 0 Å². The van der Waals surface area contributed by atoms with E-state index in [4.69, 9.17) is 0 Å². The van der Waals surface area contributed by atoms with E-state index in [0.29, 0.717) is 18.7 Å². The Hall–Kier alpha value is -2.17. The number of anilines is 1. The summed E-state index contributed by atoms with van der Waals surface area (Å²) in [5, 5.41) is 9.53. The normalized spacial score (nSPS) is 10.3. The van der Waals surface area contributed by atoms with Crippen LogP contribution in [0.5, 0.6) is 0 Å². The molecule has 0 saturated heterocycles. The number of hydrogen-bond donors (Lipinski definition) is 2. The lowest BCUT2D eigenvalue weighted by molar-refractivity contribution is -0.116. The van der Waals surface area contributed by atoms with Crippen LogP contribution in [-0.2, 0) is 17.6 Å². The lowest BCUT2D eigenvalue weighted by Gasteiger charge is -2.04. The van der Waals surface area contributed by atoms with Crippen molar-refractivity contribution in [1.29, 1.82) is 0 Å². The van der Waals surface area contributed by atoms with Crippen LogP contribution >= 0.6 is 0 Å². The van der Waals surface area contributed by atoms with E-state index in [1.807, 2.05) is 25.1 Å². The molecule has 1 amide bonds. The number of hydrogen-bond acceptors (Lipinski definition) is 3. The number of carbonyl (C=O) groups is 1. The monoisotopic (exact) mass is 244 g/mol. The second kappa shape index (κ2) is 5.95. The summed E-state index contributed by atoms with van der Waals surface area (Å²) in [5.41, 5.74) is 1.94. The molecule has 2 aromatic rings. The summed E-state index contributed by atoms with van der Waals surface area (Å²) in [5.74, 6) is 0.670. The Labute approximate surface area is 106 Å². The summed E-state index contributed by atoms with van der Waals surface area (Å²) < 4.78 is 0. The Morgan fingerprint density at radius 1 is 1.44 bits per heavy atom. The van der Waals surface area contributed by atoms with Gasteiger partial charge in [-0.15, -0.1) is 0 Å². The minimum Gasteiger partial charge on any atom is -0.311 e. The van der Waals surface area contributed by atoms with Gasteiger partial charge in [0, 0.05) is 23.9 Å². The molecule has 2 heterocycles. The minimum absolute atomic E-state index is 0.0281. The quantitative estimate of drug-likeness (QED) is 0.844. The average Bonchev–Trinajstić information content (AvgIpc) is 2.85. The predicted molar refractivity (Wildman–Crippen MR) is 69.2 cm³/mol. The molecule has 0 bridgehead atoms. The average molecular weight is 244 g/mol. The molecule has 5 nitrogen and oxygen atoms in total. The molecule has 0 aliphatic rings. The van der Waals surface area contributed by atoms with Gasteiger partial charge in [-0.25, -0.2) is 0 Å². The van der Waals surface area contributed by atoms with E-state index in [9.17, 15) is 4.79 Å². The highest BCUT2D eigenvalue weighted by Crippen LogP contribution is 2.11. The number of aromatic amines is 1. The van der Waals surface area contributed by atoms with Crippen LogP contribution in [0.1, 0.15) is 24.6 Å². The first-order chi connectivity index (χ1) is 8.79. The summed E-state index contributed by atoms with van der Waals surface area (Å²) in [6.45, 7) is 2.02. The Bertz CT molecular complexity index is 507. The van der Waals surface area contributed by atoms with Crippen molar-refractivity contribution in [2.45, 2.75) is 26.2 Å². The Morgan fingerprint density at radius 2 is 2.33 bits per heavy atom. The molecule has 2 N–H and O–H groups in total. The number of pyridine rings is 1. The van der Waals surface area contributed by atoms with Gasteiger partial charge in [0.05, 0.1) is 6.20 Å². The molecular weight excluding hydrogens is 228 g/mol. The molecule has 0 aliphatic heterocycles.